The average molecular weight is 301 g/mol. The molecule has 1 unspecified atom stereocenters. The van der Waals surface area contributed by atoms with Gasteiger partial charge in [0.15, 0.2) is 0 Å². The van der Waals surface area contributed by atoms with Crippen LogP contribution in [-0.2, 0) is 6.42 Å². The fourth-order valence-electron chi connectivity index (χ4n) is 2.56. The summed E-state index contributed by atoms with van der Waals surface area (Å²) in [6.07, 6.45) is 1.01. The molecule has 0 fully saturated rings. The van der Waals surface area contributed by atoms with Crippen molar-refractivity contribution in [1.82, 2.24) is 0 Å². The summed E-state index contributed by atoms with van der Waals surface area (Å²) < 4.78 is 1.36. The minimum absolute atomic E-state index is 0.385. The summed E-state index contributed by atoms with van der Waals surface area (Å²) in [4.78, 5) is 0. The molecule has 1 atom stereocenters. The lowest BCUT2D eigenvalue weighted by Crippen LogP contribution is -2.04. The normalized spacial score (nSPS) is 12.7. The molecule has 0 amide bonds. The number of hydrogen-bond acceptors (Lipinski definition) is 1. The molecule has 0 nitrogen and oxygen atoms in total. The van der Waals surface area contributed by atoms with Gasteiger partial charge >= 0.3 is 0 Å². The molecule has 0 aliphatic rings. The Labute approximate surface area is 129 Å². The SMILES string of the molecule is Cc1ccc(C(CCl)Cc2csc3ccccc23)cc1. The van der Waals surface area contributed by atoms with Gasteiger partial charge in [-0.05, 0) is 41.3 Å². The van der Waals surface area contributed by atoms with Gasteiger partial charge in [0.05, 0.1) is 0 Å². The largest absolute Gasteiger partial charge is 0.144 e. The summed E-state index contributed by atoms with van der Waals surface area (Å²) in [5.41, 5.74) is 4.04. The summed E-state index contributed by atoms with van der Waals surface area (Å²) in [5, 5.41) is 3.65. The quantitative estimate of drug-likeness (QED) is 0.536. The van der Waals surface area contributed by atoms with Crippen LogP contribution in [0.1, 0.15) is 22.6 Å². The van der Waals surface area contributed by atoms with Gasteiger partial charge in [-0.2, -0.15) is 0 Å². The van der Waals surface area contributed by atoms with Gasteiger partial charge in [-0.15, -0.1) is 22.9 Å². The number of halogens is 1. The first-order valence-corrected chi connectivity index (χ1v) is 8.27. The molecule has 0 saturated carbocycles. The van der Waals surface area contributed by atoms with Crippen LogP contribution in [0.4, 0.5) is 0 Å². The predicted octanol–water partition coefficient (Wildman–Crippen LogP) is 5.77. The number of fused-ring (bicyclic) bond motifs is 1. The average Bonchev–Trinajstić information content (AvgIpc) is 2.89. The maximum Gasteiger partial charge on any atom is 0.0345 e. The van der Waals surface area contributed by atoms with Gasteiger partial charge in [-0.3, -0.25) is 0 Å². The Morgan fingerprint density at radius 1 is 1.05 bits per heavy atom. The summed E-state index contributed by atoms with van der Waals surface area (Å²) in [6.45, 7) is 2.12. The van der Waals surface area contributed by atoms with E-state index in [0.717, 1.165) is 6.42 Å². The molecular weight excluding hydrogens is 284 g/mol. The first-order valence-electron chi connectivity index (χ1n) is 6.85. The van der Waals surface area contributed by atoms with Crippen LogP contribution in [0, 0.1) is 6.92 Å². The Kier molecular flexibility index (Phi) is 4.09. The van der Waals surface area contributed by atoms with E-state index in [9.17, 15) is 0 Å². The zero-order valence-corrected chi connectivity index (χ0v) is 13.0. The number of alkyl halides is 1. The Bertz CT molecular complexity index is 697. The smallest absolute Gasteiger partial charge is 0.0345 e. The van der Waals surface area contributed by atoms with Gasteiger partial charge in [0.1, 0.15) is 0 Å². The molecule has 1 aromatic heterocycles. The van der Waals surface area contributed by atoms with Gasteiger partial charge in [0.2, 0.25) is 0 Å². The van der Waals surface area contributed by atoms with Gasteiger partial charge in [0, 0.05) is 16.5 Å². The molecule has 2 heteroatoms. The van der Waals surface area contributed by atoms with Crippen molar-refractivity contribution in [3.63, 3.8) is 0 Å². The topological polar surface area (TPSA) is 0 Å². The molecule has 3 aromatic rings. The molecule has 1 heterocycles. The van der Waals surface area contributed by atoms with E-state index in [-0.39, 0.29) is 0 Å². The zero-order valence-electron chi connectivity index (χ0n) is 11.5. The summed E-state index contributed by atoms with van der Waals surface area (Å²) in [7, 11) is 0. The number of benzene rings is 2. The fourth-order valence-corrected chi connectivity index (χ4v) is 3.82. The molecule has 102 valence electrons. The minimum Gasteiger partial charge on any atom is -0.144 e. The second kappa shape index (κ2) is 5.99. The third kappa shape index (κ3) is 2.74. The van der Waals surface area contributed by atoms with Crippen LogP contribution in [0.2, 0.25) is 0 Å². The lowest BCUT2D eigenvalue weighted by Gasteiger charge is -2.14. The van der Waals surface area contributed by atoms with E-state index in [1.54, 1.807) is 0 Å². The van der Waals surface area contributed by atoms with Crippen molar-refractivity contribution < 1.29 is 0 Å². The Balaban J connectivity index is 1.89. The van der Waals surface area contributed by atoms with Crippen LogP contribution in [0.5, 0.6) is 0 Å². The lowest BCUT2D eigenvalue weighted by molar-refractivity contribution is 0.772. The van der Waals surface area contributed by atoms with E-state index in [1.165, 1.54) is 26.8 Å². The molecule has 0 spiro atoms. The first-order chi connectivity index (χ1) is 9.78. The van der Waals surface area contributed by atoms with E-state index >= 15 is 0 Å². The van der Waals surface area contributed by atoms with Crippen molar-refractivity contribution in [2.75, 3.05) is 5.88 Å². The highest BCUT2D eigenvalue weighted by molar-refractivity contribution is 7.17. The number of thiophene rings is 1. The maximum atomic E-state index is 6.21. The van der Waals surface area contributed by atoms with Gasteiger partial charge < -0.3 is 0 Å². The number of aryl methyl sites for hydroxylation is 1. The molecule has 20 heavy (non-hydrogen) atoms. The van der Waals surface area contributed by atoms with Crippen LogP contribution in [0.3, 0.4) is 0 Å². The second-order valence-corrected chi connectivity index (χ2v) is 6.44. The summed E-state index contributed by atoms with van der Waals surface area (Å²) in [6, 6.07) is 17.4. The standard InChI is InChI=1S/C18H17ClS/c1-13-6-8-14(9-7-13)15(11-19)10-16-12-20-18-5-3-2-4-17(16)18/h2-9,12,15H,10-11H2,1H3. The van der Waals surface area contributed by atoms with E-state index in [4.69, 9.17) is 11.6 Å². The van der Waals surface area contributed by atoms with E-state index < -0.39 is 0 Å². The minimum atomic E-state index is 0.385. The molecule has 0 aliphatic carbocycles. The number of hydrogen-bond donors (Lipinski definition) is 0. The Hall–Kier alpha value is -1.31. The van der Waals surface area contributed by atoms with Crippen molar-refractivity contribution in [3.8, 4) is 0 Å². The van der Waals surface area contributed by atoms with Crippen molar-refractivity contribution >= 4 is 33.0 Å². The molecule has 0 aliphatic heterocycles. The van der Waals surface area contributed by atoms with Crippen molar-refractivity contribution in [3.05, 3.63) is 70.6 Å². The first kappa shape index (κ1) is 13.7. The summed E-state index contributed by atoms with van der Waals surface area (Å²) in [5.74, 6) is 1.04. The van der Waals surface area contributed by atoms with Crippen LogP contribution in [0.15, 0.2) is 53.9 Å². The van der Waals surface area contributed by atoms with Gasteiger partial charge in [-0.25, -0.2) is 0 Å². The third-order valence-corrected chi connectivity index (χ3v) is 5.15. The molecule has 0 saturated heterocycles. The van der Waals surface area contributed by atoms with E-state index in [1.807, 2.05) is 11.3 Å². The Morgan fingerprint density at radius 2 is 1.80 bits per heavy atom. The second-order valence-electron chi connectivity index (χ2n) is 5.22. The van der Waals surface area contributed by atoms with Crippen LogP contribution in [0.25, 0.3) is 10.1 Å². The Morgan fingerprint density at radius 3 is 2.55 bits per heavy atom. The fraction of sp³-hybridized carbons (Fsp3) is 0.222. The van der Waals surface area contributed by atoms with Crippen molar-refractivity contribution in [2.45, 2.75) is 19.3 Å². The molecule has 0 bridgehead atoms. The zero-order chi connectivity index (χ0) is 13.9. The van der Waals surface area contributed by atoms with E-state index in [2.05, 4.69) is 60.8 Å². The van der Waals surface area contributed by atoms with Crippen LogP contribution in [-0.4, -0.2) is 5.88 Å². The third-order valence-electron chi connectivity index (χ3n) is 3.76. The summed E-state index contributed by atoms with van der Waals surface area (Å²) >= 11 is 8.03. The van der Waals surface area contributed by atoms with Crippen molar-refractivity contribution in [1.29, 1.82) is 0 Å². The highest BCUT2D eigenvalue weighted by atomic mass is 35.5. The molecule has 0 N–H and O–H groups in total. The highest BCUT2D eigenvalue weighted by Gasteiger charge is 2.13. The lowest BCUT2D eigenvalue weighted by atomic mass is 9.93. The predicted molar refractivity (Wildman–Crippen MR) is 90.2 cm³/mol. The van der Waals surface area contributed by atoms with Crippen LogP contribution < -0.4 is 0 Å². The maximum absolute atomic E-state index is 6.21. The molecule has 2 aromatic carbocycles. The number of rotatable bonds is 4. The molecule has 0 radical (unpaired) electrons. The van der Waals surface area contributed by atoms with Crippen molar-refractivity contribution in [2.24, 2.45) is 0 Å². The molecule has 3 rings (SSSR count). The monoisotopic (exact) mass is 300 g/mol. The highest BCUT2D eigenvalue weighted by Crippen LogP contribution is 2.31. The van der Waals surface area contributed by atoms with Gasteiger partial charge in [-0.1, -0.05) is 48.0 Å². The van der Waals surface area contributed by atoms with Crippen LogP contribution >= 0.6 is 22.9 Å². The molecular formula is C18H17ClS. The van der Waals surface area contributed by atoms with E-state index in [0.29, 0.717) is 11.8 Å². The van der Waals surface area contributed by atoms with Gasteiger partial charge in [0.25, 0.3) is 0 Å².